The van der Waals surface area contributed by atoms with Crippen LogP contribution in [0, 0.1) is 0 Å². The fourth-order valence-electron chi connectivity index (χ4n) is 1.15. The van der Waals surface area contributed by atoms with Gasteiger partial charge >= 0.3 is 5.82 Å². The minimum atomic E-state index is 0.360. The lowest BCUT2D eigenvalue weighted by atomic mass is 10.3. The Morgan fingerprint density at radius 2 is 1.75 bits per heavy atom. The van der Waals surface area contributed by atoms with Gasteiger partial charge in [-0.25, -0.2) is 0 Å². The van der Waals surface area contributed by atoms with E-state index in [-0.39, 0.29) is 0 Å². The second-order valence-corrected chi connectivity index (χ2v) is 3.19. The Kier molecular flexibility index (Phi) is 2.77. The second-order valence-electron chi connectivity index (χ2n) is 3.19. The fraction of sp³-hybridized carbons (Fsp3) is 0. The smallest absolute Gasteiger partial charge is 0.388 e. The molecule has 0 atom stereocenters. The molecule has 0 fully saturated rings. The number of hydrogen-bond donors (Lipinski definition) is 2. The molecule has 0 saturated heterocycles. The molecule has 3 N–H and O–H groups in total. The van der Waals surface area contributed by atoms with Crippen molar-refractivity contribution in [3.8, 4) is 0 Å². The topological polar surface area (TPSA) is 74.8 Å². The average molecular weight is 215 g/mol. The van der Waals surface area contributed by atoms with Crippen LogP contribution in [0.25, 0.3) is 0 Å². The monoisotopic (exact) mass is 215 g/mol. The summed E-state index contributed by atoms with van der Waals surface area (Å²) in [6, 6.07) is 12.1. The Labute approximate surface area is 92.5 Å². The van der Waals surface area contributed by atoms with Crippen LogP contribution in [0.5, 0.6) is 0 Å². The number of nitrogens with zero attached hydrogens (tertiary/aromatic N) is 3. The zero-order chi connectivity index (χ0) is 11.4. The first-order valence-corrected chi connectivity index (χ1v) is 4.73. The summed E-state index contributed by atoms with van der Waals surface area (Å²) in [6.07, 6.45) is 1.48. The van der Waals surface area contributed by atoms with Gasteiger partial charge in [0.1, 0.15) is 11.9 Å². The number of benzene rings is 1. The highest BCUT2D eigenvalue weighted by Crippen LogP contribution is 2.16. The van der Waals surface area contributed by atoms with Gasteiger partial charge in [0.25, 0.3) is 0 Å². The van der Waals surface area contributed by atoms with E-state index in [1.54, 1.807) is 42.5 Å². The molecule has 2 rings (SSSR count). The van der Waals surface area contributed by atoms with E-state index in [4.69, 9.17) is 5.73 Å². The molecule has 0 aliphatic rings. The maximum absolute atomic E-state index is 9.38. The molecule has 0 unspecified atom stereocenters. The second kappa shape index (κ2) is 4.39. The summed E-state index contributed by atoms with van der Waals surface area (Å²) >= 11 is 0. The van der Waals surface area contributed by atoms with Crippen molar-refractivity contribution in [1.82, 2.24) is 0 Å². The van der Waals surface area contributed by atoms with Crippen molar-refractivity contribution in [2.45, 2.75) is 0 Å². The molecule has 80 valence electrons. The van der Waals surface area contributed by atoms with Crippen LogP contribution >= 0.6 is 0 Å². The van der Waals surface area contributed by atoms with Gasteiger partial charge in [-0.1, -0.05) is 0 Å². The summed E-state index contributed by atoms with van der Waals surface area (Å²) in [7, 11) is 0. The van der Waals surface area contributed by atoms with Gasteiger partial charge in [0.15, 0.2) is 0 Å². The van der Waals surface area contributed by atoms with Gasteiger partial charge in [0, 0.05) is 11.8 Å². The normalized spacial score (nSPS) is 10.8. The third kappa shape index (κ3) is 2.33. The minimum Gasteiger partial charge on any atom is -0.399 e. The summed E-state index contributed by atoms with van der Waals surface area (Å²) in [5.74, 6) is 0.360. The van der Waals surface area contributed by atoms with Crippen LogP contribution in [-0.2, 0) is 0 Å². The largest absolute Gasteiger partial charge is 0.399 e. The number of azo groups is 1. The van der Waals surface area contributed by atoms with Crippen LogP contribution in [0.15, 0.2) is 58.9 Å². The van der Waals surface area contributed by atoms with Crippen LogP contribution in [0.2, 0.25) is 0 Å². The predicted octanol–water partition coefficient (Wildman–Crippen LogP) is 2.21. The number of pyridine rings is 1. The van der Waals surface area contributed by atoms with Crippen molar-refractivity contribution in [1.29, 1.82) is 0 Å². The van der Waals surface area contributed by atoms with Crippen molar-refractivity contribution in [2.75, 3.05) is 5.73 Å². The number of hydrogen-bond acceptors (Lipinski definition) is 4. The summed E-state index contributed by atoms with van der Waals surface area (Å²) < 4.78 is 0.904. The van der Waals surface area contributed by atoms with E-state index in [0.29, 0.717) is 17.2 Å². The molecule has 0 radical (unpaired) electrons. The van der Waals surface area contributed by atoms with E-state index < -0.39 is 0 Å². The summed E-state index contributed by atoms with van der Waals surface area (Å²) in [5.41, 5.74) is 6.90. The third-order valence-electron chi connectivity index (χ3n) is 1.98. The molecule has 0 spiro atoms. The number of anilines is 1. The van der Waals surface area contributed by atoms with Crippen LogP contribution in [0.4, 0.5) is 17.2 Å². The lowest BCUT2D eigenvalue weighted by molar-refractivity contribution is -0.894. The van der Waals surface area contributed by atoms with E-state index in [2.05, 4.69) is 10.2 Å². The average Bonchev–Trinajstić information content (AvgIpc) is 2.30. The molecule has 5 nitrogen and oxygen atoms in total. The van der Waals surface area contributed by atoms with E-state index in [0.717, 1.165) is 4.73 Å². The third-order valence-corrected chi connectivity index (χ3v) is 1.98. The molecule has 0 aliphatic carbocycles. The quantitative estimate of drug-likeness (QED) is 0.349. The van der Waals surface area contributed by atoms with Gasteiger partial charge in [-0.2, -0.15) is 0 Å². The highest BCUT2D eigenvalue weighted by Gasteiger charge is 2.06. The molecule has 0 saturated carbocycles. The van der Waals surface area contributed by atoms with Gasteiger partial charge < -0.3 is 10.9 Å². The Morgan fingerprint density at radius 3 is 2.44 bits per heavy atom. The van der Waals surface area contributed by atoms with E-state index in [1.165, 1.54) is 6.20 Å². The van der Waals surface area contributed by atoms with Crippen molar-refractivity contribution in [3.05, 3.63) is 48.7 Å². The molecule has 5 heteroatoms. The maximum Gasteiger partial charge on any atom is 0.388 e. The number of aromatic nitrogens is 1. The standard InChI is InChI=1S/C11H10N4O/c12-9-4-6-10(7-5-9)13-14-11-3-1-2-8-15(11)16/h1-8,12,16H/p+1. The molecular formula is C11H11N4O+. The lowest BCUT2D eigenvalue weighted by Gasteiger charge is -1.91. The minimum absolute atomic E-state index is 0.360. The van der Waals surface area contributed by atoms with Crippen LogP contribution < -0.4 is 10.5 Å². The fourth-order valence-corrected chi connectivity index (χ4v) is 1.15. The van der Waals surface area contributed by atoms with Gasteiger partial charge in [0.05, 0.1) is 5.11 Å². The Bertz CT molecular complexity index is 508. The molecule has 0 bridgehead atoms. The lowest BCUT2D eigenvalue weighted by Crippen LogP contribution is -2.28. The highest BCUT2D eigenvalue weighted by atomic mass is 16.5. The molecule has 16 heavy (non-hydrogen) atoms. The van der Waals surface area contributed by atoms with Gasteiger partial charge in [-0.15, -0.1) is 0 Å². The van der Waals surface area contributed by atoms with Crippen LogP contribution in [0.3, 0.4) is 0 Å². The van der Waals surface area contributed by atoms with Crippen molar-refractivity contribution < 1.29 is 9.94 Å². The SMILES string of the molecule is Nc1ccc(N=Nc2cccc[n+]2O)cc1. The van der Waals surface area contributed by atoms with Crippen LogP contribution in [-0.4, -0.2) is 5.21 Å². The summed E-state index contributed by atoms with van der Waals surface area (Å²) in [5, 5.41) is 17.2. The molecule has 1 aromatic carbocycles. The Balaban J connectivity index is 2.21. The first kappa shape index (κ1) is 10.1. The molecule has 1 aromatic heterocycles. The molecule has 0 amide bonds. The van der Waals surface area contributed by atoms with Gasteiger partial charge in [-0.05, 0) is 46.2 Å². The van der Waals surface area contributed by atoms with E-state index in [1.807, 2.05) is 0 Å². The van der Waals surface area contributed by atoms with Crippen molar-refractivity contribution in [2.24, 2.45) is 10.2 Å². The number of nitrogens with two attached hydrogens (primary N) is 1. The van der Waals surface area contributed by atoms with Crippen molar-refractivity contribution >= 4 is 17.2 Å². The summed E-state index contributed by atoms with van der Waals surface area (Å²) in [4.78, 5) is 0. The Hall–Kier alpha value is -2.43. The first-order chi connectivity index (χ1) is 7.75. The summed E-state index contributed by atoms with van der Waals surface area (Å²) in [6.45, 7) is 0. The van der Waals surface area contributed by atoms with E-state index >= 15 is 0 Å². The molecular weight excluding hydrogens is 204 g/mol. The Morgan fingerprint density at radius 1 is 1.00 bits per heavy atom. The first-order valence-electron chi connectivity index (χ1n) is 4.73. The van der Waals surface area contributed by atoms with Gasteiger partial charge in [0.2, 0.25) is 0 Å². The molecule has 2 aromatic rings. The zero-order valence-electron chi connectivity index (χ0n) is 8.49. The predicted molar refractivity (Wildman–Crippen MR) is 58.9 cm³/mol. The maximum atomic E-state index is 9.38. The van der Waals surface area contributed by atoms with Crippen LogP contribution in [0.1, 0.15) is 0 Å². The highest BCUT2D eigenvalue weighted by molar-refractivity contribution is 5.47. The molecule has 1 heterocycles. The number of rotatable bonds is 2. The van der Waals surface area contributed by atoms with Crippen molar-refractivity contribution in [3.63, 3.8) is 0 Å². The number of nitrogen functional groups attached to an aromatic ring is 1. The van der Waals surface area contributed by atoms with E-state index in [9.17, 15) is 5.21 Å². The molecule has 0 aliphatic heterocycles. The zero-order valence-corrected chi connectivity index (χ0v) is 8.49. The van der Waals surface area contributed by atoms with Gasteiger partial charge in [-0.3, -0.25) is 0 Å².